The maximum absolute atomic E-state index is 14.2. The van der Waals surface area contributed by atoms with Crippen molar-refractivity contribution in [2.45, 2.75) is 11.3 Å². The second-order valence-corrected chi connectivity index (χ2v) is 7.19. The molecule has 2 aromatic carbocycles. The van der Waals surface area contributed by atoms with E-state index in [1.165, 1.54) is 24.4 Å². The molecular weight excluding hydrogens is 400 g/mol. The minimum absolute atomic E-state index is 0.274. The predicted octanol–water partition coefficient (Wildman–Crippen LogP) is 4.10. The normalized spacial score (nSPS) is 12.0. The zero-order valence-corrected chi connectivity index (χ0v) is 14.8. The van der Waals surface area contributed by atoms with Crippen LogP contribution in [0, 0.1) is 5.82 Å². The molecule has 0 aliphatic heterocycles. The van der Waals surface area contributed by atoms with E-state index in [-0.39, 0.29) is 11.3 Å². The van der Waals surface area contributed by atoms with Crippen molar-refractivity contribution in [2.75, 3.05) is 0 Å². The van der Waals surface area contributed by atoms with Crippen molar-refractivity contribution in [1.29, 1.82) is 0 Å². The van der Waals surface area contributed by atoms with Crippen molar-refractivity contribution in [1.82, 2.24) is 4.98 Å². The highest BCUT2D eigenvalue weighted by Gasteiger charge is 2.31. The van der Waals surface area contributed by atoms with Gasteiger partial charge in [0.1, 0.15) is 16.5 Å². The van der Waals surface area contributed by atoms with Crippen molar-refractivity contribution >= 4 is 10.0 Å². The molecule has 0 saturated carbocycles. The number of hydrogen-bond donors (Lipinski definition) is 1. The summed E-state index contributed by atoms with van der Waals surface area (Å²) in [6.07, 6.45) is -3.35. The predicted molar refractivity (Wildman–Crippen MR) is 93.1 cm³/mol. The lowest BCUT2D eigenvalue weighted by Crippen LogP contribution is -2.16. The second-order valence-electron chi connectivity index (χ2n) is 5.66. The minimum atomic E-state index is -4.80. The van der Waals surface area contributed by atoms with Gasteiger partial charge in [0, 0.05) is 17.3 Å². The van der Waals surface area contributed by atoms with Gasteiger partial charge < -0.3 is 4.74 Å². The first-order chi connectivity index (χ1) is 13.0. The van der Waals surface area contributed by atoms with Crippen molar-refractivity contribution in [3.05, 3.63) is 66.6 Å². The van der Waals surface area contributed by atoms with Crippen molar-refractivity contribution in [3.63, 3.8) is 0 Å². The average molecular weight is 412 g/mol. The monoisotopic (exact) mass is 412 g/mol. The number of rotatable bonds is 4. The maximum Gasteiger partial charge on any atom is 0.573 e. The fourth-order valence-corrected chi connectivity index (χ4v) is 3.17. The number of benzene rings is 2. The molecule has 10 heteroatoms. The summed E-state index contributed by atoms with van der Waals surface area (Å²) < 4.78 is 77.6. The number of pyridine rings is 1. The van der Waals surface area contributed by atoms with Crippen LogP contribution in [0.25, 0.3) is 22.4 Å². The summed E-state index contributed by atoms with van der Waals surface area (Å²) >= 11 is 0. The van der Waals surface area contributed by atoms with Gasteiger partial charge in [-0.25, -0.2) is 17.9 Å². The maximum atomic E-state index is 14.2. The van der Waals surface area contributed by atoms with Crippen molar-refractivity contribution in [3.8, 4) is 28.1 Å². The van der Waals surface area contributed by atoms with E-state index in [9.17, 15) is 26.0 Å². The van der Waals surface area contributed by atoms with E-state index in [1.54, 1.807) is 12.1 Å². The highest BCUT2D eigenvalue weighted by Crippen LogP contribution is 2.33. The number of alkyl halides is 3. The topological polar surface area (TPSA) is 82.3 Å². The zero-order valence-electron chi connectivity index (χ0n) is 13.9. The summed E-state index contributed by atoms with van der Waals surface area (Å²) in [5.41, 5.74) is 1.60. The standard InChI is InChI=1S/C18H12F4N2O3S/c19-15-10-12(5-8-16(15)28(23,25)26)17-14(2-1-9-24-17)11-3-6-13(7-4-11)27-18(20,21)22/h1-10H,(H2,23,25,26). The first kappa shape index (κ1) is 19.8. The first-order valence-electron chi connectivity index (χ1n) is 7.68. The van der Waals surface area contributed by atoms with E-state index in [0.29, 0.717) is 16.8 Å². The van der Waals surface area contributed by atoms with Gasteiger partial charge in [-0.15, -0.1) is 13.2 Å². The molecule has 1 aromatic heterocycles. The zero-order chi connectivity index (χ0) is 20.5. The van der Waals surface area contributed by atoms with E-state index in [2.05, 4.69) is 9.72 Å². The van der Waals surface area contributed by atoms with Crippen LogP contribution in [0.4, 0.5) is 17.6 Å². The molecule has 0 amide bonds. The number of hydrogen-bond acceptors (Lipinski definition) is 4. The largest absolute Gasteiger partial charge is 0.573 e. The summed E-state index contributed by atoms with van der Waals surface area (Å²) in [6.45, 7) is 0. The van der Waals surface area contributed by atoms with E-state index >= 15 is 0 Å². The Bertz CT molecular complexity index is 1110. The van der Waals surface area contributed by atoms with Gasteiger partial charge in [-0.2, -0.15) is 0 Å². The number of sulfonamides is 1. The van der Waals surface area contributed by atoms with E-state index < -0.39 is 27.1 Å². The SMILES string of the molecule is NS(=O)(=O)c1ccc(-c2ncccc2-c2ccc(OC(F)(F)F)cc2)cc1F. The Morgan fingerprint density at radius 2 is 1.61 bits per heavy atom. The minimum Gasteiger partial charge on any atom is -0.406 e. The molecule has 0 saturated heterocycles. The van der Waals surface area contributed by atoms with Crippen LogP contribution in [-0.2, 0) is 10.0 Å². The molecule has 3 rings (SSSR count). The van der Waals surface area contributed by atoms with Gasteiger partial charge in [0.2, 0.25) is 10.0 Å². The highest BCUT2D eigenvalue weighted by molar-refractivity contribution is 7.89. The fraction of sp³-hybridized carbons (Fsp3) is 0.0556. The van der Waals surface area contributed by atoms with Crippen molar-refractivity contribution in [2.24, 2.45) is 5.14 Å². The van der Waals surface area contributed by atoms with Crippen LogP contribution in [0.5, 0.6) is 5.75 Å². The van der Waals surface area contributed by atoms with Gasteiger partial charge >= 0.3 is 6.36 Å². The molecule has 0 aliphatic rings. The Morgan fingerprint density at radius 3 is 2.18 bits per heavy atom. The second kappa shape index (κ2) is 7.21. The molecule has 2 N–H and O–H groups in total. The van der Waals surface area contributed by atoms with Crippen LogP contribution in [0.2, 0.25) is 0 Å². The molecule has 28 heavy (non-hydrogen) atoms. The molecule has 1 heterocycles. The van der Waals surface area contributed by atoms with Crippen LogP contribution in [0.1, 0.15) is 0 Å². The number of nitrogens with zero attached hydrogens (tertiary/aromatic N) is 1. The fourth-order valence-electron chi connectivity index (χ4n) is 2.58. The third-order valence-electron chi connectivity index (χ3n) is 3.72. The lowest BCUT2D eigenvalue weighted by atomic mass is 9.99. The van der Waals surface area contributed by atoms with Gasteiger partial charge in [0.25, 0.3) is 0 Å². The van der Waals surface area contributed by atoms with Gasteiger partial charge in [-0.3, -0.25) is 4.98 Å². The average Bonchev–Trinajstić information content (AvgIpc) is 2.60. The number of aromatic nitrogens is 1. The number of halogens is 4. The Morgan fingerprint density at radius 1 is 0.964 bits per heavy atom. The summed E-state index contributed by atoms with van der Waals surface area (Å²) in [6, 6.07) is 11.7. The molecule has 0 atom stereocenters. The third-order valence-corrected chi connectivity index (χ3v) is 4.66. The molecule has 146 valence electrons. The Labute approximate surface area is 157 Å². The van der Waals surface area contributed by atoms with E-state index in [4.69, 9.17) is 5.14 Å². The lowest BCUT2D eigenvalue weighted by Gasteiger charge is -2.12. The summed E-state index contributed by atoms with van der Waals surface area (Å²) in [5.74, 6) is -1.42. The molecule has 0 aliphatic carbocycles. The van der Waals surface area contributed by atoms with Gasteiger partial charge in [-0.1, -0.05) is 24.3 Å². The summed E-state index contributed by atoms with van der Waals surface area (Å²) in [7, 11) is -4.22. The smallest absolute Gasteiger partial charge is 0.406 e. The Hall–Kier alpha value is -2.98. The number of primary sulfonamides is 1. The van der Waals surface area contributed by atoms with Crippen LogP contribution in [0.3, 0.4) is 0 Å². The van der Waals surface area contributed by atoms with Crippen LogP contribution < -0.4 is 9.88 Å². The molecular formula is C18H12F4N2O3S. The van der Waals surface area contributed by atoms with E-state index in [1.807, 2.05) is 0 Å². The Kier molecular flexibility index (Phi) is 5.09. The molecule has 0 radical (unpaired) electrons. The Balaban J connectivity index is 2.02. The number of ether oxygens (including phenoxy) is 1. The molecule has 0 unspecified atom stereocenters. The lowest BCUT2D eigenvalue weighted by molar-refractivity contribution is -0.274. The quantitative estimate of drug-likeness (QED) is 0.654. The van der Waals surface area contributed by atoms with Gasteiger partial charge in [0.05, 0.1) is 5.69 Å². The molecule has 5 nitrogen and oxygen atoms in total. The van der Waals surface area contributed by atoms with Crippen LogP contribution in [-0.4, -0.2) is 19.8 Å². The first-order valence-corrected chi connectivity index (χ1v) is 9.23. The van der Waals surface area contributed by atoms with Crippen LogP contribution >= 0.6 is 0 Å². The van der Waals surface area contributed by atoms with Crippen molar-refractivity contribution < 1.29 is 30.7 Å². The summed E-state index contributed by atoms with van der Waals surface area (Å²) in [5, 5.41) is 4.95. The molecule has 3 aromatic rings. The van der Waals surface area contributed by atoms with E-state index in [0.717, 1.165) is 24.3 Å². The highest BCUT2D eigenvalue weighted by atomic mass is 32.2. The summed E-state index contributed by atoms with van der Waals surface area (Å²) in [4.78, 5) is 3.53. The number of nitrogens with two attached hydrogens (primary N) is 1. The molecule has 0 spiro atoms. The van der Waals surface area contributed by atoms with Gasteiger partial charge in [-0.05, 0) is 35.9 Å². The van der Waals surface area contributed by atoms with Gasteiger partial charge in [0.15, 0.2) is 0 Å². The molecule has 0 fully saturated rings. The molecule has 0 bridgehead atoms. The third kappa shape index (κ3) is 4.46. The van der Waals surface area contributed by atoms with Crippen LogP contribution in [0.15, 0.2) is 65.7 Å².